The second-order valence-electron chi connectivity index (χ2n) is 2.87. The van der Waals surface area contributed by atoms with Crippen molar-refractivity contribution in [3.63, 3.8) is 0 Å². The van der Waals surface area contributed by atoms with Crippen molar-refractivity contribution in [1.82, 2.24) is 0 Å². The average Bonchev–Trinajstić information content (AvgIpc) is 2.20. The molecule has 0 amide bonds. The third kappa shape index (κ3) is 1.42. The summed E-state index contributed by atoms with van der Waals surface area (Å²) in [7, 11) is 0. The van der Waals surface area contributed by atoms with Crippen LogP contribution in [0.4, 0.5) is 0 Å². The van der Waals surface area contributed by atoms with Crippen LogP contribution in [0, 0.1) is 0 Å². The molecular weight excluding hydrogens is 252 g/mol. The van der Waals surface area contributed by atoms with E-state index in [9.17, 15) is 5.11 Å². The van der Waals surface area contributed by atoms with Gasteiger partial charge in [0.2, 0.25) is 0 Å². The number of hydrogen-bond donors (Lipinski definition) is 2. The molecule has 14 heavy (non-hydrogen) atoms. The molecule has 4 nitrogen and oxygen atoms in total. The highest BCUT2D eigenvalue weighted by Gasteiger charge is 2.21. The van der Waals surface area contributed by atoms with Gasteiger partial charge in [-0.3, -0.25) is 0 Å². The molecule has 1 aliphatic rings. The first-order valence-electron chi connectivity index (χ1n) is 4.15. The van der Waals surface area contributed by atoms with Crippen LogP contribution >= 0.6 is 15.9 Å². The summed E-state index contributed by atoms with van der Waals surface area (Å²) in [4.78, 5) is 0. The first-order chi connectivity index (χ1) is 6.74. The van der Waals surface area contributed by atoms with E-state index in [1.54, 1.807) is 6.07 Å². The van der Waals surface area contributed by atoms with Gasteiger partial charge in [-0.2, -0.15) is 0 Å². The number of aliphatic hydroxyl groups excluding tert-OH is 1. The van der Waals surface area contributed by atoms with E-state index >= 15 is 0 Å². The van der Waals surface area contributed by atoms with Gasteiger partial charge in [0.05, 0.1) is 16.6 Å². The summed E-state index contributed by atoms with van der Waals surface area (Å²) >= 11 is 3.17. The summed E-state index contributed by atoms with van der Waals surface area (Å²) < 4.78 is 11.1. The highest BCUT2D eigenvalue weighted by atomic mass is 79.9. The third-order valence-corrected chi connectivity index (χ3v) is 2.62. The Morgan fingerprint density at radius 3 is 2.79 bits per heavy atom. The molecule has 1 aliphatic heterocycles. The van der Waals surface area contributed by atoms with E-state index in [0.29, 0.717) is 34.7 Å². The molecule has 5 heteroatoms. The molecule has 1 heterocycles. The Morgan fingerprint density at radius 1 is 1.36 bits per heavy atom. The molecule has 0 saturated carbocycles. The molecule has 0 spiro atoms. The predicted octanol–water partition coefficient (Wildman–Crippen LogP) is 1.42. The Labute approximate surface area is 89.2 Å². The summed E-state index contributed by atoms with van der Waals surface area (Å²) in [6, 6.07) is 1.63. The van der Waals surface area contributed by atoms with Gasteiger partial charge in [-0.05, 0) is 15.9 Å². The summed E-state index contributed by atoms with van der Waals surface area (Å²) in [5, 5.41) is 18.7. The van der Waals surface area contributed by atoms with E-state index in [1.807, 2.05) is 0 Å². The average molecular weight is 261 g/mol. The van der Waals surface area contributed by atoms with Crippen molar-refractivity contribution in [1.29, 1.82) is 0 Å². The number of aliphatic hydroxyl groups is 1. The molecule has 0 radical (unpaired) electrons. The maximum atomic E-state index is 9.61. The first kappa shape index (κ1) is 9.61. The highest BCUT2D eigenvalue weighted by Crippen LogP contribution is 2.43. The molecule has 0 saturated heterocycles. The van der Waals surface area contributed by atoms with Crippen LogP contribution < -0.4 is 9.47 Å². The number of aromatic hydroxyl groups is 1. The van der Waals surface area contributed by atoms with E-state index in [0.717, 1.165) is 0 Å². The monoisotopic (exact) mass is 260 g/mol. The van der Waals surface area contributed by atoms with E-state index in [2.05, 4.69) is 15.9 Å². The van der Waals surface area contributed by atoms with Gasteiger partial charge in [-0.15, -0.1) is 0 Å². The molecule has 0 fully saturated rings. The van der Waals surface area contributed by atoms with Crippen LogP contribution in [-0.4, -0.2) is 23.4 Å². The van der Waals surface area contributed by atoms with Crippen LogP contribution in [0.15, 0.2) is 10.5 Å². The van der Waals surface area contributed by atoms with Crippen molar-refractivity contribution in [2.75, 3.05) is 13.2 Å². The second-order valence-corrected chi connectivity index (χ2v) is 3.72. The van der Waals surface area contributed by atoms with E-state index < -0.39 is 0 Å². The van der Waals surface area contributed by atoms with E-state index in [1.165, 1.54) is 0 Å². The van der Waals surface area contributed by atoms with Gasteiger partial charge in [-0.1, -0.05) is 0 Å². The number of ether oxygens (including phenoxy) is 2. The topological polar surface area (TPSA) is 58.9 Å². The molecule has 0 atom stereocenters. The molecule has 2 N–H and O–H groups in total. The van der Waals surface area contributed by atoms with Crippen molar-refractivity contribution < 1.29 is 19.7 Å². The zero-order valence-electron chi connectivity index (χ0n) is 7.29. The fourth-order valence-corrected chi connectivity index (χ4v) is 1.80. The summed E-state index contributed by atoms with van der Waals surface area (Å²) in [6.45, 7) is 0.632. The van der Waals surface area contributed by atoms with Crippen molar-refractivity contribution in [2.45, 2.75) is 6.61 Å². The smallest absolute Gasteiger partial charge is 0.170 e. The maximum Gasteiger partial charge on any atom is 0.170 e. The summed E-state index contributed by atoms with van der Waals surface area (Å²) in [5.41, 5.74) is 0.356. The lowest BCUT2D eigenvalue weighted by Gasteiger charge is -2.21. The molecule has 1 aromatic carbocycles. The minimum atomic E-state index is -0.281. The number of hydrogen-bond acceptors (Lipinski definition) is 4. The summed E-state index contributed by atoms with van der Waals surface area (Å²) in [6.07, 6.45) is 0. The predicted molar refractivity (Wildman–Crippen MR) is 52.7 cm³/mol. The Hall–Kier alpha value is -0.940. The fourth-order valence-electron chi connectivity index (χ4n) is 1.36. The van der Waals surface area contributed by atoms with Crippen molar-refractivity contribution in [3.05, 3.63) is 16.1 Å². The van der Waals surface area contributed by atoms with Crippen LogP contribution in [0.1, 0.15) is 5.56 Å². The number of rotatable bonds is 1. The molecule has 1 aromatic rings. The largest absolute Gasteiger partial charge is 0.506 e. The number of fused-ring (bicyclic) bond motifs is 1. The number of halogens is 1. The van der Waals surface area contributed by atoms with E-state index in [-0.39, 0.29) is 12.4 Å². The minimum absolute atomic E-state index is 0.00301. The second kappa shape index (κ2) is 3.67. The zero-order valence-corrected chi connectivity index (χ0v) is 8.87. The van der Waals surface area contributed by atoms with Crippen molar-refractivity contribution >= 4 is 15.9 Å². The van der Waals surface area contributed by atoms with Gasteiger partial charge in [0, 0.05) is 6.07 Å². The quantitative estimate of drug-likeness (QED) is 0.802. The van der Waals surface area contributed by atoms with Crippen LogP contribution in [0.2, 0.25) is 0 Å². The normalized spacial score (nSPS) is 14.1. The Bertz CT molecular complexity index is 364. The molecular formula is C9H9BrO4. The fraction of sp³-hybridized carbons (Fsp3) is 0.333. The Balaban J connectivity index is 2.60. The molecule has 0 aliphatic carbocycles. The zero-order chi connectivity index (χ0) is 10.1. The Kier molecular flexibility index (Phi) is 2.52. The summed E-state index contributed by atoms with van der Waals surface area (Å²) in [5.74, 6) is 0.973. The lowest BCUT2D eigenvalue weighted by molar-refractivity contribution is 0.163. The van der Waals surface area contributed by atoms with Crippen LogP contribution in [0.3, 0.4) is 0 Å². The van der Waals surface area contributed by atoms with Gasteiger partial charge in [-0.25, -0.2) is 0 Å². The number of benzene rings is 1. The first-order valence-corrected chi connectivity index (χ1v) is 4.94. The van der Waals surface area contributed by atoms with E-state index in [4.69, 9.17) is 14.6 Å². The minimum Gasteiger partial charge on any atom is -0.506 e. The molecule has 2 rings (SSSR count). The molecule has 0 bridgehead atoms. The van der Waals surface area contributed by atoms with Gasteiger partial charge < -0.3 is 19.7 Å². The Morgan fingerprint density at radius 2 is 2.07 bits per heavy atom. The SMILES string of the molecule is OCc1c(O)c(Br)cc2c1OCCO2. The maximum absolute atomic E-state index is 9.61. The van der Waals surface area contributed by atoms with Crippen LogP contribution in [0.25, 0.3) is 0 Å². The van der Waals surface area contributed by atoms with Gasteiger partial charge >= 0.3 is 0 Å². The van der Waals surface area contributed by atoms with Crippen molar-refractivity contribution in [2.24, 2.45) is 0 Å². The molecule has 76 valence electrons. The van der Waals surface area contributed by atoms with Crippen molar-refractivity contribution in [3.8, 4) is 17.2 Å². The lowest BCUT2D eigenvalue weighted by atomic mass is 10.1. The van der Waals surface area contributed by atoms with Gasteiger partial charge in [0.1, 0.15) is 19.0 Å². The van der Waals surface area contributed by atoms with Crippen LogP contribution in [-0.2, 0) is 6.61 Å². The van der Waals surface area contributed by atoms with Gasteiger partial charge in [0.15, 0.2) is 11.5 Å². The molecule has 0 aromatic heterocycles. The third-order valence-electron chi connectivity index (χ3n) is 2.01. The highest BCUT2D eigenvalue weighted by molar-refractivity contribution is 9.10. The van der Waals surface area contributed by atoms with Gasteiger partial charge in [0.25, 0.3) is 0 Å². The number of phenols is 1. The lowest BCUT2D eigenvalue weighted by Crippen LogP contribution is -2.16. The standard InChI is InChI=1S/C9H9BrO4/c10-6-3-7-9(14-2-1-13-7)5(4-11)8(6)12/h3,11-12H,1-2,4H2. The molecule has 0 unspecified atom stereocenters. The van der Waals surface area contributed by atoms with Crippen LogP contribution in [0.5, 0.6) is 17.2 Å².